The molecular formula is C35H44F2N8O2S. The van der Waals surface area contributed by atoms with Crippen LogP contribution in [0.1, 0.15) is 42.3 Å². The van der Waals surface area contributed by atoms with Crippen LogP contribution in [0.15, 0.2) is 65.6 Å². The lowest BCUT2D eigenvalue weighted by Gasteiger charge is -2.31. The molecule has 4 aromatic rings. The maximum atomic E-state index is 15.0. The molecule has 256 valence electrons. The summed E-state index contributed by atoms with van der Waals surface area (Å²) in [5, 5.41) is 8.80. The molecule has 5 N–H and O–H groups in total. The summed E-state index contributed by atoms with van der Waals surface area (Å²) in [4.78, 5) is 39.6. The van der Waals surface area contributed by atoms with Gasteiger partial charge in [0.05, 0.1) is 12.2 Å². The third-order valence-corrected chi connectivity index (χ3v) is 7.63. The fourth-order valence-electron chi connectivity index (χ4n) is 4.68. The molecule has 3 aromatic carbocycles. The molecule has 0 atom stereocenters. The SMILES string of the molecule is CC.CCN.CSc1cccc(NC(=O)c2ccc(C)c(-c3nc(NCCN(C)C)nc4c3CNC(=O)N4c3c(F)cccc3F)c2)c1. The van der Waals surface area contributed by atoms with Gasteiger partial charge in [0, 0.05) is 40.4 Å². The average molecular weight is 679 g/mol. The van der Waals surface area contributed by atoms with Crippen LogP contribution in [0.5, 0.6) is 0 Å². The van der Waals surface area contributed by atoms with Crippen LogP contribution >= 0.6 is 11.8 Å². The van der Waals surface area contributed by atoms with Gasteiger partial charge in [0.1, 0.15) is 17.3 Å². The van der Waals surface area contributed by atoms with E-state index in [-0.39, 0.29) is 24.2 Å². The van der Waals surface area contributed by atoms with Crippen molar-refractivity contribution in [2.75, 3.05) is 55.5 Å². The molecule has 0 unspecified atom stereocenters. The number of aryl methyl sites for hydroxylation is 1. The summed E-state index contributed by atoms with van der Waals surface area (Å²) in [6.45, 7) is 9.68. The van der Waals surface area contributed by atoms with Gasteiger partial charge in [-0.2, -0.15) is 4.98 Å². The molecule has 5 rings (SSSR count). The normalized spacial score (nSPS) is 11.8. The Hall–Kier alpha value is -4.59. The molecule has 48 heavy (non-hydrogen) atoms. The Morgan fingerprint density at radius 1 is 1.06 bits per heavy atom. The van der Waals surface area contributed by atoms with E-state index < -0.39 is 23.4 Å². The molecule has 2 heterocycles. The molecular weight excluding hydrogens is 635 g/mol. The van der Waals surface area contributed by atoms with E-state index in [9.17, 15) is 18.4 Å². The van der Waals surface area contributed by atoms with Crippen molar-refractivity contribution in [2.24, 2.45) is 5.73 Å². The Morgan fingerprint density at radius 3 is 2.38 bits per heavy atom. The van der Waals surface area contributed by atoms with E-state index in [1.165, 1.54) is 6.07 Å². The zero-order valence-corrected chi connectivity index (χ0v) is 29.3. The number of carbonyl (C=O) groups excluding carboxylic acids is 2. The predicted molar refractivity (Wildman–Crippen MR) is 192 cm³/mol. The van der Waals surface area contributed by atoms with Crippen LogP contribution in [-0.2, 0) is 6.54 Å². The van der Waals surface area contributed by atoms with Crippen molar-refractivity contribution in [1.82, 2.24) is 20.2 Å². The fraction of sp³-hybridized carbons (Fsp3) is 0.314. The van der Waals surface area contributed by atoms with Gasteiger partial charge in [0.15, 0.2) is 5.82 Å². The number of thioether (sulfide) groups is 1. The molecule has 0 saturated heterocycles. The Balaban J connectivity index is 0.00000118. The number of hydrogen-bond acceptors (Lipinski definition) is 8. The number of rotatable bonds is 9. The highest BCUT2D eigenvalue weighted by atomic mass is 32.2. The minimum atomic E-state index is -0.911. The molecule has 0 radical (unpaired) electrons. The molecule has 13 heteroatoms. The number of nitrogens with two attached hydrogens (primary N) is 1. The van der Waals surface area contributed by atoms with E-state index in [2.05, 4.69) is 20.9 Å². The molecule has 0 aliphatic carbocycles. The number of nitrogens with zero attached hydrogens (tertiary/aromatic N) is 4. The van der Waals surface area contributed by atoms with Gasteiger partial charge in [0.2, 0.25) is 5.95 Å². The molecule has 1 aliphatic rings. The Morgan fingerprint density at radius 2 is 1.73 bits per heavy atom. The fourth-order valence-corrected chi connectivity index (χ4v) is 5.14. The van der Waals surface area contributed by atoms with Crippen molar-refractivity contribution in [3.05, 3.63) is 89.0 Å². The third kappa shape index (κ3) is 9.27. The first-order valence-electron chi connectivity index (χ1n) is 15.7. The lowest BCUT2D eigenvalue weighted by atomic mass is 9.97. The molecule has 0 fully saturated rings. The number of anilines is 4. The molecule has 10 nitrogen and oxygen atoms in total. The van der Waals surface area contributed by atoms with E-state index in [4.69, 9.17) is 10.7 Å². The second kappa shape index (κ2) is 18.1. The number of nitrogens with one attached hydrogen (secondary N) is 3. The standard InChI is InChI=1S/C31H31F2N7O2S.C2H7N.C2H6/c1-18-11-12-19(29(41)36-20-7-5-8-21(16-20)43-4)15-22(18)26-23-17-35-31(42)40(27-24(32)9-6-10-25(27)33)28(23)38-30(37-26)34-13-14-39(2)3;1-2-3;1-2/h5-12,15-16H,13-14,17H2,1-4H3,(H,35,42)(H,36,41)(H,34,37,38);2-3H2,1H3;1-2H3. The topological polar surface area (TPSA) is 129 Å². The second-order valence-electron chi connectivity index (χ2n) is 10.6. The largest absolute Gasteiger partial charge is 0.353 e. The number of hydrogen-bond donors (Lipinski definition) is 4. The molecule has 0 spiro atoms. The Labute approximate surface area is 285 Å². The summed E-state index contributed by atoms with van der Waals surface area (Å²) in [7, 11) is 3.84. The maximum Gasteiger partial charge on any atom is 0.328 e. The number of likely N-dealkylation sites (N-methyl/N-ethyl adjacent to an activating group) is 1. The number of fused-ring (bicyclic) bond motifs is 1. The first kappa shape index (κ1) is 37.9. The average Bonchev–Trinajstić information content (AvgIpc) is 3.06. The van der Waals surface area contributed by atoms with Crippen molar-refractivity contribution in [3.63, 3.8) is 0 Å². The minimum absolute atomic E-state index is 0.0192. The van der Waals surface area contributed by atoms with Crippen LogP contribution in [0.4, 0.5) is 36.7 Å². The van der Waals surface area contributed by atoms with E-state index in [1.54, 1.807) is 23.9 Å². The van der Waals surface area contributed by atoms with Gasteiger partial charge in [-0.15, -0.1) is 11.8 Å². The van der Waals surface area contributed by atoms with Crippen LogP contribution < -0.4 is 26.6 Å². The highest BCUT2D eigenvalue weighted by Crippen LogP contribution is 2.39. The van der Waals surface area contributed by atoms with Crippen LogP contribution in [-0.4, -0.2) is 66.8 Å². The van der Waals surface area contributed by atoms with Crippen LogP contribution in [0.2, 0.25) is 0 Å². The summed E-state index contributed by atoms with van der Waals surface area (Å²) in [6.07, 6.45) is 1.96. The number of amides is 3. The summed E-state index contributed by atoms with van der Waals surface area (Å²) >= 11 is 1.57. The summed E-state index contributed by atoms with van der Waals surface area (Å²) in [6, 6.07) is 15.5. The van der Waals surface area contributed by atoms with Crippen LogP contribution in [0.3, 0.4) is 0 Å². The van der Waals surface area contributed by atoms with Gasteiger partial charge < -0.3 is 26.6 Å². The van der Waals surface area contributed by atoms with Gasteiger partial charge in [-0.1, -0.05) is 39.0 Å². The zero-order valence-electron chi connectivity index (χ0n) is 28.4. The highest BCUT2D eigenvalue weighted by Gasteiger charge is 2.34. The maximum absolute atomic E-state index is 15.0. The van der Waals surface area contributed by atoms with E-state index in [0.717, 1.165) is 34.0 Å². The number of para-hydroxylation sites is 1. The van der Waals surface area contributed by atoms with Crippen molar-refractivity contribution < 1.29 is 18.4 Å². The van der Waals surface area contributed by atoms with Gasteiger partial charge >= 0.3 is 6.03 Å². The van der Waals surface area contributed by atoms with Gasteiger partial charge in [-0.3, -0.25) is 4.79 Å². The molecule has 1 aliphatic heterocycles. The Bertz CT molecular complexity index is 1700. The van der Waals surface area contributed by atoms with Crippen LogP contribution in [0.25, 0.3) is 11.3 Å². The van der Waals surface area contributed by atoms with Gasteiger partial charge in [-0.25, -0.2) is 23.5 Å². The number of urea groups is 1. The van der Waals surface area contributed by atoms with Crippen LogP contribution in [0, 0.1) is 18.6 Å². The van der Waals surface area contributed by atoms with E-state index in [0.29, 0.717) is 41.2 Å². The van der Waals surface area contributed by atoms with Crippen molar-refractivity contribution in [1.29, 1.82) is 0 Å². The molecule has 0 bridgehead atoms. The summed E-state index contributed by atoms with van der Waals surface area (Å²) in [5.74, 6) is -1.91. The van der Waals surface area contributed by atoms with E-state index in [1.807, 2.05) is 83.3 Å². The number of aromatic nitrogens is 2. The number of halogens is 2. The lowest BCUT2D eigenvalue weighted by Crippen LogP contribution is -2.43. The predicted octanol–water partition coefficient (Wildman–Crippen LogP) is 7.03. The van der Waals surface area contributed by atoms with Gasteiger partial charge in [0.25, 0.3) is 5.91 Å². The monoisotopic (exact) mass is 678 g/mol. The van der Waals surface area contributed by atoms with E-state index >= 15 is 0 Å². The first-order valence-corrected chi connectivity index (χ1v) is 16.9. The third-order valence-electron chi connectivity index (χ3n) is 6.90. The van der Waals surface area contributed by atoms with Gasteiger partial charge in [-0.05, 0) is 81.8 Å². The van der Waals surface area contributed by atoms with Crippen molar-refractivity contribution in [2.45, 2.75) is 39.1 Å². The second-order valence-corrected chi connectivity index (χ2v) is 11.5. The van der Waals surface area contributed by atoms with Crippen molar-refractivity contribution in [3.8, 4) is 11.3 Å². The molecule has 1 aromatic heterocycles. The highest BCUT2D eigenvalue weighted by molar-refractivity contribution is 7.98. The lowest BCUT2D eigenvalue weighted by molar-refractivity contribution is 0.102. The smallest absolute Gasteiger partial charge is 0.328 e. The summed E-state index contributed by atoms with van der Waals surface area (Å²) < 4.78 is 30.0. The quantitative estimate of drug-likeness (QED) is 0.139. The Kier molecular flexibility index (Phi) is 14.3. The zero-order chi connectivity index (χ0) is 35.4. The number of benzene rings is 3. The first-order chi connectivity index (χ1) is 23.1. The summed E-state index contributed by atoms with van der Waals surface area (Å²) in [5.41, 5.74) is 7.66. The number of carbonyl (C=O) groups is 2. The molecule has 3 amide bonds. The minimum Gasteiger partial charge on any atom is -0.353 e. The van der Waals surface area contributed by atoms with Crippen molar-refractivity contribution >= 4 is 46.8 Å². The molecule has 0 saturated carbocycles.